The van der Waals surface area contributed by atoms with Crippen molar-refractivity contribution >= 4 is 61.6 Å². The largest absolute Gasteiger partial charge is 0.460 e. The molecule has 2 amide bonds. The van der Waals surface area contributed by atoms with Crippen LogP contribution in [-0.2, 0) is 19.1 Å². The van der Waals surface area contributed by atoms with Crippen molar-refractivity contribution in [2.45, 2.75) is 13.8 Å². The van der Waals surface area contributed by atoms with Crippen molar-refractivity contribution in [3.05, 3.63) is 95.0 Å². The average Bonchev–Trinajstić information content (AvgIpc) is 3.04. The van der Waals surface area contributed by atoms with Crippen LogP contribution < -0.4 is 20.1 Å². The van der Waals surface area contributed by atoms with Crippen molar-refractivity contribution in [2.75, 3.05) is 26.3 Å². The second kappa shape index (κ2) is 15.6. The Bertz CT molecular complexity index is 1960. The third kappa shape index (κ3) is 8.74. The Morgan fingerprint density at radius 3 is 1.66 bits per heavy atom. The van der Waals surface area contributed by atoms with Crippen LogP contribution in [0, 0.1) is 11.3 Å². The maximum absolute atomic E-state index is 12.9. The van der Waals surface area contributed by atoms with E-state index in [0.29, 0.717) is 32.8 Å². The van der Waals surface area contributed by atoms with Crippen molar-refractivity contribution in [1.82, 2.24) is 10.6 Å². The molecule has 0 aliphatic heterocycles. The van der Waals surface area contributed by atoms with Crippen LogP contribution in [0.1, 0.15) is 19.4 Å². The number of rotatable bonds is 11. The Kier molecular flexibility index (Phi) is 11.3. The molecule has 0 fully saturated rings. The molecule has 2 N–H and O–H groups in total. The van der Waals surface area contributed by atoms with Crippen molar-refractivity contribution in [2.24, 2.45) is 0 Å². The molecule has 4 aromatic rings. The number of nitrogens with one attached hydrogen (secondary N) is 2. The summed E-state index contributed by atoms with van der Waals surface area (Å²) in [6, 6.07) is 19.4. The number of ether oxygens (including phenoxy) is 4. The zero-order valence-corrected chi connectivity index (χ0v) is 27.2. The van der Waals surface area contributed by atoms with E-state index in [9.17, 15) is 24.4 Å². The number of carbonyl (C=O) groups excluding carboxylic acids is 4. The van der Waals surface area contributed by atoms with Gasteiger partial charge in [0.2, 0.25) is 0 Å². The Hall–Kier alpha value is -5.67. The summed E-state index contributed by atoms with van der Waals surface area (Å²) < 4.78 is 22.4. The highest BCUT2D eigenvalue weighted by molar-refractivity contribution is 9.10. The summed E-state index contributed by atoms with van der Waals surface area (Å²) in [7, 11) is 0. The summed E-state index contributed by atoms with van der Waals surface area (Å²) in [5.41, 5.74) is 1.74. The Balaban J connectivity index is 1.74. The first-order chi connectivity index (χ1) is 22.5. The van der Waals surface area contributed by atoms with Gasteiger partial charge >= 0.3 is 24.1 Å². The van der Waals surface area contributed by atoms with Gasteiger partial charge in [0, 0.05) is 26.7 Å². The molecular weight excluding hydrogens is 670 g/mol. The molecule has 0 unspecified atom stereocenters. The van der Waals surface area contributed by atoms with Crippen LogP contribution >= 0.6 is 15.9 Å². The van der Waals surface area contributed by atoms with E-state index in [0.717, 1.165) is 9.86 Å². The van der Waals surface area contributed by atoms with Gasteiger partial charge < -0.3 is 29.6 Å². The van der Waals surface area contributed by atoms with Crippen molar-refractivity contribution in [1.29, 1.82) is 5.26 Å². The number of hydrogen-bond donors (Lipinski definition) is 2. The molecular formula is C35H30BrN3O8. The zero-order chi connectivity index (χ0) is 34.1. The van der Waals surface area contributed by atoms with Crippen LogP contribution in [0.3, 0.4) is 0 Å². The lowest BCUT2D eigenvalue weighted by Crippen LogP contribution is -2.31. The number of fused-ring (bicyclic) bond motifs is 2. The van der Waals surface area contributed by atoms with E-state index in [1.54, 1.807) is 42.5 Å². The van der Waals surface area contributed by atoms with E-state index in [1.807, 2.05) is 18.2 Å². The van der Waals surface area contributed by atoms with Gasteiger partial charge in [-0.25, -0.2) is 19.2 Å². The molecule has 0 heterocycles. The second-order valence-corrected chi connectivity index (χ2v) is 11.2. The predicted octanol–water partition coefficient (Wildman–Crippen LogP) is 6.71. The minimum Gasteiger partial charge on any atom is -0.460 e. The smallest absolute Gasteiger partial charge is 0.412 e. The minimum atomic E-state index is -0.821. The number of nitriles is 1. The molecule has 47 heavy (non-hydrogen) atoms. The fraction of sp³-hybridized carbons (Fsp3) is 0.171. The summed E-state index contributed by atoms with van der Waals surface area (Å²) in [5.74, 6) is -0.889. The van der Waals surface area contributed by atoms with Gasteiger partial charge in [-0.15, -0.1) is 0 Å². The van der Waals surface area contributed by atoms with Gasteiger partial charge in [-0.05, 0) is 71.8 Å². The van der Waals surface area contributed by atoms with E-state index < -0.39 is 24.1 Å². The lowest BCUT2D eigenvalue weighted by molar-refractivity contribution is -0.139. The Morgan fingerprint density at radius 2 is 1.19 bits per heavy atom. The highest BCUT2D eigenvalue weighted by Gasteiger charge is 2.22. The van der Waals surface area contributed by atoms with Crippen molar-refractivity contribution in [3.63, 3.8) is 0 Å². The van der Waals surface area contributed by atoms with Gasteiger partial charge in [0.05, 0.1) is 24.7 Å². The molecule has 4 rings (SSSR count). The van der Waals surface area contributed by atoms with Crippen LogP contribution in [0.25, 0.3) is 32.7 Å². The predicted molar refractivity (Wildman–Crippen MR) is 179 cm³/mol. The molecule has 240 valence electrons. The number of hydrogen-bond acceptors (Lipinski definition) is 9. The second-order valence-electron chi connectivity index (χ2n) is 10.3. The van der Waals surface area contributed by atoms with E-state index >= 15 is 0 Å². The van der Waals surface area contributed by atoms with Crippen LogP contribution in [0.15, 0.2) is 89.4 Å². The molecule has 0 aromatic heterocycles. The molecule has 0 atom stereocenters. The molecule has 0 saturated carbocycles. The molecule has 11 nitrogen and oxygen atoms in total. The zero-order valence-electron chi connectivity index (χ0n) is 25.6. The number of esters is 2. The maximum atomic E-state index is 12.9. The van der Waals surface area contributed by atoms with Gasteiger partial charge in [0.25, 0.3) is 0 Å². The first-order valence-corrected chi connectivity index (χ1v) is 15.0. The topological polar surface area (TPSA) is 153 Å². The first-order valence-electron chi connectivity index (χ1n) is 14.2. The lowest BCUT2D eigenvalue weighted by atomic mass is 9.91. The number of halogens is 1. The summed E-state index contributed by atoms with van der Waals surface area (Å²) in [4.78, 5) is 49.2. The van der Waals surface area contributed by atoms with Crippen LogP contribution in [0.4, 0.5) is 9.59 Å². The average molecular weight is 701 g/mol. The number of nitrogens with zero attached hydrogens (tertiary/aromatic N) is 1. The normalized spacial score (nSPS) is 10.4. The quantitative estimate of drug-likeness (QED) is 0.0988. The Labute approximate surface area is 278 Å². The fourth-order valence-electron chi connectivity index (χ4n) is 4.46. The molecule has 0 radical (unpaired) electrons. The third-order valence-corrected chi connectivity index (χ3v) is 7.11. The SMILES string of the molecule is C=C(C)C(=O)OCCNC(=O)Oc1ccc2cc(Br)ccc2c1-c1c(OC(=O)NCCOC(=O)C(=C)C)ccc2cc(C#N)ccc12. The van der Waals surface area contributed by atoms with E-state index in [-0.39, 0.29) is 48.9 Å². The van der Waals surface area contributed by atoms with Crippen molar-refractivity contribution < 1.29 is 38.1 Å². The third-order valence-electron chi connectivity index (χ3n) is 6.62. The van der Waals surface area contributed by atoms with Crippen LogP contribution in [-0.4, -0.2) is 50.4 Å². The number of amides is 2. The lowest BCUT2D eigenvalue weighted by Gasteiger charge is -2.19. The molecule has 12 heteroatoms. The molecule has 0 bridgehead atoms. The van der Waals surface area contributed by atoms with E-state index in [2.05, 4.69) is 45.8 Å². The van der Waals surface area contributed by atoms with Gasteiger partial charge in [0.15, 0.2) is 0 Å². The van der Waals surface area contributed by atoms with Gasteiger partial charge in [-0.3, -0.25) is 0 Å². The first kappa shape index (κ1) is 34.2. The summed E-state index contributed by atoms with van der Waals surface area (Å²) in [6.07, 6.45) is -1.64. The van der Waals surface area contributed by atoms with Crippen LogP contribution in [0.2, 0.25) is 0 Å². The number of benzene rings is 4. The highest BCUT2D eigenvalue weighted by Crippen LogP contribution is 2.46. The molecule has 4 aromatic carbocycles. The number of carbonyl (C=O) groups is 4. The summed E-state index contributed by atoms with van der Waals surface area (Å²) in [5, 5.41) is 17.4. The molecule has 0 saturated heterocycles. The van der Waals surface area contributed by atoms with Gasteiger partial charge in [0.1, 0.15) is 24.7 Å². The summed E-state index contributed by atoms with van der Waals surface area (Å²) in [6.45, 7) is 9.83. The van der Waals surface area contributed by atoms with E-state index in [1.165, 1.54) is 13.8 Å². The maximum Gasteiger partial charge on any atom is 0.412 e. The minimum absolute atomic E-state index is 0.0187. The van der Waals surface area contributed by atoms with Crippen molar-refractivity contribution in [3.8, 4) is 28.7 Å². The molecule has 0 spiro atoms. The van der Waals surface area contributed by atoms with E-state index in [4.69, 9.17) is 18.9 Å². The van der Waals surface area contributed by atoms with Crippen LogP contribution in [0.5, 0.6) is 11.5 Å². The molecule has 0 aliphatic rings. The monoisotopic (exact) mass is 699 g/mol. The molecule has 0 aliphatic carbocycles. The standard InChI is InChI=1S/C35H30BrN3O8/c1-20(2)32(40)44-15-13-38-34(42)46-28-11-6-23-17-22(19-37)5-9-26(23)30(28)31-27-10-8-25(36)18-24(27)7-12-29(31)47-35(43)39-14-16-45-33(41)21(3)4/h5-12,17-18H,1,3,13-16H2,2,4H3,(H,38,42)(H,39,43). The summed E-state index contributed by atoms with van der Waals surface area (Å²) >= 11 is 3.49. The highest BCUT2D eigenvalue weighted by atomic mass is 79.9. The Morgan fingerprint density at radius 1 is 0.723 bits per heavy atom. The van der Waals surface area contributed by atoms with Gasteiger partial charge in [-0.1, -0.05) is 53.4 Å². The fourth-order valence-corrected chi connectivity index (χ4v) is 4.84. The van der Waals surface area contributed by atoms with Gasteiger partial charge in [-0.2, -0.15) is 5.26 Å².